The summed E-state index contributed by atoms with van der Waals surface area (Å²) < 4.78 is 11.4. The minimum Gasteiger partial charge on any atom is -0.490 e. The fourth-order valence-electron chi connectivity index (χ4n) is 3.34. The molecule has 0 bridgehead atoms. The summed E-state index contributed by atoms with van der Waals surface area (Å²) in [5, 5.41) is 2.34. The molecule has 1 aliphatic heterocycles. The summed E-state index contributed by atoms with van der Waals surface area (Å²) in [7, 11) is 0. The quantitative estimate of drug-likeness (QED) is 0.512. The van der Waals surface area contributed by atoms with Gasteiger partial charge < -0.3 is 14.8 Å². The fourth-order valence-corrected chi connectivity index (χ4v) is 4.17. The highest BCUT2D eigenvalue weighted by atomic mass is 32.2. The molecule has 0 spiro atoms. The zero-order chi connectivity index (χ0) is 24.0. The molecule has 3 rings (SSSR count). The lowest BCUT2D eigenvalue weighted by atomic mass is 10.1. The minimum absolute atomic E-state index is 0.254. The van der Waals surface area contributed by atoms with Crippen LogP contribution >= 0.6 is 11.8 Å². The molecular formula is C25H28N2O5S. The van der Waals surface area contributed by atoms with Crippen molar-refractivity contribution in [1.29, 1.82) is 0 Å². The van der Waals surface area contributed by atoms with Gasteiger partial charge in [0.05, 0.1) is 18.1 Å². The summed E-state index contributed by atoms with van der Waals surface area (Å²) in [6.45, 7) is 8.38. The average molecular weight is 469 g/mol. The van der Waals surface area contributed by atoms with E-state index in [9.17, 15) is 14.4 Å². The molecule has 1 aliphatic rings. The van der Waals surface area contributed by atoms with Crippen molar-refractivity contribution in [3.05, 3.63) is 58.0 Å². The normalized spacial score (nSPS) is 14.7. The maximum atomic E-state index is 12.8. The van der Waals surface area contributed by atoms with Crippen molar-refractivity contribution >= 4 is 40.6 Å². The number of thioether (sulfide) groups is 1. The van der Waals surface area contributed by atoms with Crippen molar-refractivity contribution in [3.63, 3.8) is 0 Å². The van der Waals surface area contributed by atoms with E-state index in [1.165, 1.54) is 0 Å². The molecule has 0 aliphatic carbocycles. The van der Waals surface area contributed by atoms with E-state index < -0.39 is 17.1 Å². The second kappa shape index (κ2) is 11.0. The molecule has 1 fully saturated rings. The molecule has 2 aromatic rings. The monoisotopic (exact) mass is 468 g/mol. The van der Waals surface area contributed by atoms with Crippen LogP contribution in [0, 0.1) is 13.8 Å². The van der Waals surface area contributed by atoms with E-state index in [0.29, 0.717) is 36.0 Å². The van der Waals surface area contributed by atoms with Crippen LogP contribution in [0.1, 0.15) is 37.0 Å². The van der Waals surface area contributed by atoms with Gasteiger partial charge in [-0.3, -0.25) is 19.3 Å². The first-order valence-electron chi connectivity index (χ1n) is 10.8. The Morgan fingerprint density at radius 1 is 1.06 bits per heavy atom. The van der Waals surface area contributed by atoms with Gasteiger partial charge in [-0.25, -0.2) is 0 Å². The van der Waals surface area contributed by atoms with Gasteiger partial charge in [-0.1, -0.05) is 31.2 Å². The lowest BCUT2D eigenvalue weighted by Gasteiger charge is -2.15. The largest absolute Gasteiger partial charge is 0.490 e. The van der Waals surface area contributed by atoms with Crippen LogP contribution in [0.5, 0.6) is 11.5 Å². The maximum absolute atomic E-state index is 12.8. The van der Waals surface area contributed by atoms with Crippen LogP contribution < -0.4 is 14.8 Å². The second-order valence-electron chi connectivity index (χ2n) is 7.57. The zero-order valence-corrected chi connectivity index (χ0v) is 20.1. The smallest absolute Gasteiger partial charge is 0.294 e. The van der Waals surface area contributed by atoms with E-state index in [4.69, 9.17) is 9.47 Å². The van der Waals surface area contributed by atoms with Crippen LogP contribution in [-0.4, -0.2) is 41.7 Å². The lowest BCUT2D eigenvalue weighted by Crippen LogP contribution is -2.36. The van der Waals surface area contributed by atoms with Gasteiger partial charge in [0, 0.05) is 5.69 Å². The van der Waals surface area contributed by atoms with Gasteiger partial charge in [0.25, 0.3) is 11.1 Å². The molecule has 0 aromatic heterocycles. The summed E-state index contributed by atoms with van der Waals surface area (Å²) in [6.07, 6.45) is 2.50. The molecule has 7 nitrogen and oxygen atoms in total. The first-order chi connectivity index (χ1) is 15.8. The first-order valence-corrected chi connectivity index (χ1v) is 11.7. The Hall–Kier alpha value is -3.26. The molecule has 2 aromatic carbocycles. The number of hydrogen-bond donors (Lipinski definition) is 1. The van der Waals surface area contributed by atoms with Crippen LogP contribution in [0.4, 0.5) is 10.5 Å². The van der Waals surface area contributed by atoms with Gasteiger partial charge >= 0.3 is 0 Å². The van der Waals surface area contributed by atoms with Crippen LogP contribution in [0.25, 0.3) is 6.08 Å². The maximum Gasteiger partial charge on any atom is 0.294 e. The van der Waals surface area contributed by atoms with E-state index in [1.54, 1.807) is 24.3 Å². The Balaban J connectivity index is 1.74. The van der Waals surface area contributed by atoms with Crippen molar-refractivity contribution in [1.82, 2.24) is 4.90 Å². The number of aryl methyl sites for hydroxylation is 2. The molecule has 8 heteroatoms. The van der Waals surface area contributed by atoms with Crippen LogP contribution in [0.2, 0.25) is 0 Å². The van der Waals surface area contributed by atoms with Crippen LogP contribution in [-0.2, 0) is 9.59 Å². The summed E-state index contributed by atoms with van der Waals surface area (Å²) in [5.74, 6) is 0.289. The molecule has 3 amide bonds. The van der Waals surface area contributed by atoms with E-state index in [2.05, 4.69) is 5.32 Å². The zero-order valence-electron chi connectivity index (χ0n) is 19.3. The number of para-hydroxylation sites is 1. The van der Waals surface area contributed by atoms with Crippen molar-refractivity contribution in [2.45, 2.75) is 34.1 Å². The molecule has 1 N–H and O–H groups in total. The third kappa shape index (κ3) is 5.96. The number of benzene rings is 2. The number of imide groups is 1. The van der Waals surface area contributed by atoms with E-state index in [0.717, 1.165) is 34.2 Å². The topological polar surface area (TPSA) is 84.9 Å². The number of amides is 3. The van der Waals surface area contributed by atoms with Crippen LogP contribution in [0.15, 0.2) is 41.3 Å². The Morgan fingerprint density at radius 3 is 2.45 bits per heavy atom. The number of anilines is 1. The molecule has 0 atom stereocenters. The first kappa shape index (κ1) is 24.4. The van der Waals surface area contributed by atoms with E-state index in [-0.39, 0.29) is 11.4 Å². The number of rotatable bonds is 9. The Bertz CT molecular complexity index is 1080. The van der Waals surface area contributed by atoms with Gasteiger partial charge in [-0.2, -0.15) is 0 Å². The van der Waals surface area contributed by atoms with Gasteiger partial charge in [0.2, 0.25) is 5.91 Å². The van der Waals surface area contributed by atoms with Crippen molar-refractivity contribution < 1.29 is 23.9 Å². The van der Waals surface area contributed by atoms with Gasteiger partial charge in [-0.05, 0) is 73.9 Å². The highest BCUT2D eigenvalue weighted by Crippen LogP contribution is 2.34. The number of nitrogens with one attached hydrogen (secondary N) is 1. The van der Waals surface area contributed by atoms with E-state index in [1.807, 2.05) is 45.9 Å². The van der Waals surface area contributed by atoms with Crippen molar-refractivity contribution in [3.8, 4) is 11.5 Å². The Labute approximate surface area is 198 Å². The average Bonchev–Trinajstić information content (AvgIpc) is 3.03. The van der Waals surface area contributed by atoms with Gasteiger partial charge in [-0.15, -0.1) is 0 Å². The number of nitrogens with zero attached hydrogens (tertiary/aromatic N) is 1. The number of ether oxygens (including phenoxy) is 2. The second-order valence-corrected chi connectivity index (χ2v) is 8.56. The van der Waals surface area contributed by atoms with Crippen molar-refractivity contribution in [2.75, 3.05) is 25.1 Å². The summed E-state index contributed by atoms with van der Waals surface area (Å²) in [4.78, 5) is 39.1. The third-order valence-corrected chi connectivity index (χ3v) is 5.86. The van der Waals surface area contributed by atoms with E-state index >= 15 is 0 Å². The predicted molar refractivity (Wildman–Crippen MR) is 131 cm³/mol. The molecule has 174 valence electrons. The highest BCUT2D eigenvalue weighted by molar-refractivity contribution is 8.18. The SMILES string of the molecule is CCCOc1ccc(/C=C2\SC(=O)N(CC(=O)Nc3c(C)cccc3C)C2=O)cc1OCC. The standard InChI is InChI=1S/C25H28N2O5S/c1-5-12-32-19-11-10-18(13-20(19)31-6-2)14-21-24(29)27(25(30)33-21)15-22(28)26-23-16(3)8-7-9-17(23)4/h7-11,13-14H,5-6,12,15H2,1-4H3,(H,26,28)/b21-14-. The van der Waals surface area contributed by atoms with Crippen LogP contribution in [0.3, 0.4) is 0 Å². The predicted octanol–water partition coefficient (Wildman–Crippen LogP) is 5.17. The number of carbonyl (C=O) groups is 3. The molecule has 1 heterocycles. The third-order valence-electron chi connectivity index (χ3n) is 4.95. The molecule has 33 heavy (non-hydrogen) atoms. The van der Waals surface area contributed by atoms with Gasteiger partial charge in [0.15, 0.2) is 11.5 Å². The lowest BCUT2D eigenvalue weighted by molar-refractivity contribution is -0.127. The minimum atomic E-state index is -0.495. The fraction of sp³-hybridized carbons (Fsp3) is 0.320. The summed E-state index contributed by atoms with van der Waals surface area (Å²) >= 11 is 0.815. The molecule has 0 radical (unpaired) electrons. The number of hydrogen-bond acceptors (Lipinski definition) is 6. The Morgan fingerprint density at radius 2 is 1.79 bits per heavy atom. The highest BCUT2D eigenvalue weighted by Gasteiger charge is 2.36. The number of carbonyl (C=O) groups excluding carboxylic acids is 3. The van der Waals surface area contributed by atoms with Gasteiger partial charge in [0.1, 0.15) is 6.54 Å². The summed E-state index contributed by atoms with van der Waals surface area (Å²) in [6, 6.07) is 11.0. The molecule has 0 saturated carbocycles. The molecular weight excluding hydrogens is 440 g/mol. The molecule has 0 unspecified atom stereocenters. The molecule has 1 saturated heterocycles. The van der Waals surface area contributed by atoms with Crippen molar-refractivity contribution in [2.24, 2.45) is 0 Å². The Kier molecular flexibility index (Phi) is 8.16. The summed E-state index contributed by atoms with van der Waals surface area (Å²) in [5.41, 5.74) is 3.22.